The van der Waals surface area contributed by atoms with E-state index in [-0.39, 0.29) is 6.54 Å². The molecule has 1 atom stereocenters. The summed E-state index contributed by atoms with van der Waals surface area (Å²) >= 11 is 1.57. The average molecular weight is 300 g/mol. The van der Waals surface area contributed by atoms with Crippen LogP contribution in [0.4, 0.5) is 0 Å². The van der Waals surface area contributed by atoms with Crippen molar-refractivity contribution in [2.75, 3.05) is 18.6 Å². The van der Waals surface area contributed by atoms with Gasteiger partial charge >= 0.3 is 0 Å². The van der Waals surface area contributed by atoms with Crippen molar-refractivity contribution in [2.24, 2.45) is 5.73 Å². The van der Waals surface area contributed by atoms with Crippen molar-refractivity contribution in [3.8, 4) is 0 Å². The van der Waals surface area contributed by atoms with Crippen LogP contribution in [0.2, 0.25) is 0 Å². The number of nitrogens with zero attached hydrogens (tertiary/aromatic N) is 1. The van der Waals surface area contributed by atoms with Crippen molar-refractivity contribution in [1.82, 2.24) is 15.8 Å². The first-order valence-electron chi connectivity index (χ1n) is 5.83. The lowest BCUT2D eigenvalue weighted by atomic mass is 10.2. The maximum Gasteiger partial charge on any atom is 0.272 e. The van der Waals surface area contributed by atoms with Crippen LogP contribution in [0.1, 0.15) is 6.42 Å². The van der Waals surface area contributed by atoms with E-state index in [0.717, 1.165) is 17.9 Å². The molecule has 1 aliphatic heterocycles. The molecule has 4 amide bonds. The second-order valence-corrected chi connectivity index (χ2v) is 4.97. The van der Waals surface area contributed by atoms with Gasteiger partial charge in [0.2, 0.25) is 5.91 Å². The van der Waals surface area contributed by atoms with Crippen LogP contribution >= 0.6 is 11.8 Å². The highest BCUT2D eigenvalue weighted by Gasteiger charge is 2.25. The van der Waals surface area contributed by atoms with E-state index in [4.69, 9.17) is 5.73 Å². The molecule has 0 aromatic carbocycles. The van der Waals surface area contributed by atoms with Gasteiger partial charge in [0.15, 0.2) is 0 Å². The molecule has 1 heterocycles. The average Bonchev–Trinajstić information content (AvgIpc) is 2.73. The molecule has 0 aromatic rings. The minimum absolute atomic E-state index is 0.358. The Morgan fingerprint density at radius 1 is 1.35 bits per heavy atom. The normalized spacial score (nSPS) is 15.4. The van der Waals surface area contributed by atoms with Crippen LogP contribution in [0, 0.1) is 0 Å². The molecular formula is C11H16N4O4S. The third-order valence-corrected chi connectivity index (χ3v) is 3.08. The highest BCUT2D eigenvalue weighted by atomic mass is 32.2. The summed E-state index contributed by atoms with van der Waals surface area (Å²) in [6.45, 7) is -0.358. The molecule has 1 aliphatic rings. The molecule has 0 radical (unpaired) electrons. The van der Waals surface area contributed by atoms with Crippen LogP contribution in [0.3, 0.4) is 0 Å². The summed E-state index contributed by atoms with van der Waals surface area (Å²) < 4.78 is 0. The van der Waals surface area contributed by atoms with Crippen molar-refractivity contribution < 1.29 is 19.2 Å². The van der Waals surface area contributed by atoms with Gasteiger partial charge in [0.1, 0.15) is 0 Å². The molecular weight excluding hydrogens is 284 g/mol. The highest BCUT2D eigenvalue weighted by Crippen LogP contribution is 1.99. The molecule has 1 rings (SSSR count). The standard InChI is InChI=1S/C11H16N4O4S/c1-20-5-4-7(12)11(19)13-6-8(16)14-15-9(17)2-3-10(15)18/h2-3,7H,4-6,12H2,1H3,(H,13,19)(H,14,16)/t7-/m0/s1. The van der Waals surface area contributed by atoms with E-state index >= 15 is 0 Å². The number of nitrogens with one attached hydrogen (secondary N) is 2. The molecule has 20 heavy (non-hydrogen) atoms. The summed E-state index contributed by atoms with van der Waals surface area (Å²) in [4.78, 5) is 45.4. The SMILES string of the molecule is CSCC[C@H](N)C(=O)NCC(=O)NN1C(=O)C=CC1=O. The zero-order valence-electron chi connectivity index (χ0n) is 10.9. The highest BCUT2D eigenvalue weighted by molar-refractivity contribution is 7.98. The molecule has 4 N–H and O–H groups in total. The van der Waals surface area contributed by atoms with Crippen molar-refractivity contribution in [1.29, 1.82) is 0 Å². The molecule has 0 aliphatic carbocycles. The number of rotatable bonds is 7. The van der Waals surface area contributed by atoms with Gasteiger partial charge in [-0.25, -0.2) is 0 Å². The number of hydrazine groups is 1. The Morgan fingerprint density at radius 3 is 2.50 bits per heavy atom. The number of nitrogens with two attached hydrogens (primary N) is 1. The third-order valence-electron chi connectivity index (χ3n) is 2.44. The van der Waals surface area contributed by atoms with Crippen LogP contribution < -0.4 is 16.5 Å². The van der Waals surface area contributed by atoms with Crippen molar-refractivity contribution in [3.63, 3.8) is 0 Å². The zero-order valence-corrected chi connectivity index (χ0v) is 11.7. The minimum Gasteiger partial charge on any atom is -0.346 e. The number of carbonyl (C=O) groups is 4. The monoisotopic (exact) mass is 300 g/mol. The molecule has 9 heteroatoms. The Hall–Kier alpha value is -1.87. The fraction of sp³-hybridized carbons (Fsp3) is 0.455. The van der Waals surface area contributed by atoms with E-state index in [0.29, 0.717) is 11.4 Å². The Balaban J connectivity index is 2.31. The van der Waals surface area contributed by atoms with Crippen LogP contribution in [0.5, 0.6) is 0 Å². The molecule has 110 valence electrons. The summed E-state index contributed by atoms with van der Waals surface area (Å²) in [6.07, 6.45) is 4.48. The van der Waals surface area contributed by atoms with Gasteiger partial charge in [-0.15, -0.1) is 0 Å². The van der Waals surface area contributed by atoms with Crippen molar-refractivity contribution >= 4 is 35.4 Å². The first-order chi connectivity index (χ1) is 9.45. The molecule has 0 fully saturated rings. The molecule has 0 aromatic heterocycles. The fourth-order valence-electron chi connectivity index (χ4n) is 1.35. The summed E-state index contributed by atoms with van der Waals surface area (Å²) in [5.41, 5.74) is 7.70. The van der Waals surface area contributed by atoms with Gasteiger partial charge in [0, 0.05) is 12.2 Å². The van der Waals surface area contributed by atoms with Gasteiger partial charge in [0.05, 0.1) is 12.6 Å². The topological polar surface area (TPSA) is 122 Å². The zero-order chi connectivity index (χ0) is 15.1. The number of hydrogen-bond donors (Lipinski definition) is 3. The Labute approximate surface area is 120 Å². The Kier molecular flexibility index (Phi) is 6.19. The van der Waals surface area contributed by atoms with Crippen molar-refractivity contribution in [2.45, 2.75) is 12.5 Å². The maximum atomic E-state index is 11.5. The van der Waals surface area contributed by atoms with E-state index in [1.54, 1.807) is 11.8 Å². The summed E-state index contributed by atoms with van der Waals surface area (Å²) in [5, 5.41) is 2.91. The summed E-state index contributed by atoms with van der Waals surface area (Å²) in [7, 11) is 0. The fourth-order valence-corrected chi connectivity index (χ4v) is 1.84. The minimum atomic E-state index is -0.688. The van der Waals surface area contributed by atoms with E-state index < -0.39 is 29.7 Å². The first-order valence-corrected chi connectivity index (χ1v) is 7.23. The lowest BCUT2D eigenvalue weighted by molar-refractivity contribution is -0.146. The predicted molar refractivity (Wildman–Crippen MR) is 73.1 cm³/mol. The van der Waals surface area contributed by atoms with Gasteiger partial charge in [-0.05, 0) is 18.4 Å². The largest absolute Gasteiger partial charge is 0.346 e. The molecule has 0 saturated heterocycles. The molecule has 0 spiro atoms. The van der Waals surface area contributed by atoms with E-state index in [9.17, 15) is 19.2 Å². The molecule has 8 nitrogen and oxygen atoms in total. The Morgan fingerprint density at radius 2 is 1.95 bits per heavy atom. The molecule has 0 unspecified atom stereocenters. The lowest BCUT2D eigenvalue weighted by Gasteiger charge is -2.16. The maximum absolute atomic E-state index is 11.5. The second-order valence-electron chi connectivity index (χ2n) is 3.99. The lowest BCUT2D eigenvalue weighted by Crippen LogP contribution is -2.51. The predicted octanol–water partition coefficient (Wildman–Crippen LogP) is -1.86. The molecule has 0 saturated carbocycles. The van der Waals surface area contributed by atoms with Crippen LogP contribution in [-0.2, 0) is 19.2 Å². The summed E-state index contributed by atoms with van der Waals surface area (Å²) in [5.74, 6) is -1.66. The van der Waals surface area contributed by atoms with Gasteiger partial charge in [0.25, 0.3) is 17.7 Å². The Bertz CT molecular complexity index is 434. The molecule has 0 bridgehead atoms. The van der Waals surface area contributed by atoms with E-state index in [1.807, 2.05) is 6.26 Å². The van der Waals surface area contributed by atoms with Gasteiger partial charge < -0.3 is 11.1 Å². The third kappa shape index (κ3) is 4.67. The van der Waals surface area contributed by atoms with Crippen LogP contribution in [0.25, 0.3) is 0 Å². The smallest absolute Gasteiger partial charge is 0.272 e. The quantitative estimate of drug-likeness (QED) is 0.474. The first kappa shape index (κ1) is 16.2. The van der Waals surface area contributed by atoms with Crippen molar-refractivity contribution in [3.05, 3.63) is 12.2 Å². The second kappa shape index (κ2) is 7.65. The van der Waals surface area contributed by atoms with Crippen LogP contribution in [-0.4, -0.2) is 53.2 Å². The number of imide groups is 1. The van der Waals surface area contributed by atoms with E-state index in [2.05, 4.69) is 10.7 Å². The van der Waals surface area contributed by atoms with Gasteiger partial charge in [-0.2, -0.15) is 16.8 Å². The van der Waals surface area contributed by atoms with E-state index in [1.165, 1.54) is 0 Å². The van der Waals surface area contributed by atoms with Gasteiger partial charge in [-0.1, -0.05) is 0 Å². The number of amides is 4. The number of hydrogen-bond acceptors (Lipinski definition) is 6. The van der Waals surface area contributed by atoms with Crippen LogP contribution in [0.15, 0.2) is 12.2 Å². The summed E-state index contributed by atoms with van der Waals surface area (Å²) in [6, 6.07) is -0.688. The number of carbonyl (C=O) groups excluding carboxylic acids is 4. The van der Waals surface area contributed by atoms with Gasteiger partial charge in [-0.3, -0.25) is 24.6 Å². The number of thioether (sulfide) groups is 1.